The summed E-state index contributed by atoms with van der Waals surface area (Å²) in [7, 11) is 0. The maximum Gasteiger partial charge on any atom is 0.148 e. The highest BCUT2D eigenvalue weighted by atomic mass is 16.3. The lowest BCUT2D eigenvalue weighted by Crippen LogP contribution is -2.65. The van der Waals surface area contributed by atoms with Crippen LogP contribution in [0.1, 0.15) is 40.0 Å². The molecule has 2 fully saturated rings. The van der Waals surface area contributed by atoms with Crippen molar-refractivity contribution in [3.8, 4) is 0 Å². The fourth-order valence-electron chi connectivity index (χ4n) is 4.74. The molecule has 3 heteroatoms. The van der Waals surface area contributed by atoms with Gasteiger partial charge in [0, 0.05) is 16.9 Å². The van der Waals surface area contributed by atoms with E-state index in [2.05, 4.69) is 13.8 Å². The van der Waals surface area contributed by atoms with Gasteiger partial charge in [0.25, 0.3) is 0 Å². The van der Waals surface area contributed by atoms with E-state index < -0.39 is 11.7 Å². The quantitative estimate of drug-likeness (QED) is 0.696. The first-order valence-electron chi connectivity index (χ1n) is 6.84. The van der Waals surface area contributed by atoms with Crippen LogP contribution >= 0.6 is 0 Å². The largest absolute Gasteiger partial charge is 0.392 e. The Morgan fingerprint density at radius 1 is 1.33 bits per heavy atom. The Morgan fingerprint density at radius 2 is 2.00 bits per heavy atom. The SMILES string of the molecule is CC1(C)CC2C=C(C=O)C3(O)CCC3(C)C2C1O. The van der Waals surface area contributed by atoms with Gasteiger partial charge in [-0.3, -0.25) is 4.79 Å². The zero-order valence-corrected chi connectivity index (χ0v) is 11.3. The smallest absolute Gasteiger partial charge is 0.148 e. The van der Waals surface area contributed by atoms with Gasteiger partial charge >= 0.3 is 0 Å². The van der Waals surface area contributed by atoms with Gasteiger partial charge in [-0.1, -0.05) is 26.8 Å². The van der Waals surface area contributed by atoms with Crippen LogP contribution in [0.3, 0.4) is 0 Å². The summed E-state index contributed by atoms with van der Waals surface area (Å²) in [5.41, 5.74) is -0.931. The highest BCUT2D eigenvalue weighted by molar-refractivity contribution is 5.78. The van der Waals surface area contributed by atoms with Gasteiger partial charge in [-0.25, -0.2) is 0 Å². The lowest BCUT2D eigenvalue weighted by Gasteiger charge is -2.62. The van der Waals surface area contributed by atoms with Crippen molar-refractivity contribution in [2.45, 2.75) is 51.7 Å². The van der Waals surface area contributed by atoms with Crippen LogP contribution in [0.4, 0.5) is 0 Å². The van der Waals surface area contributed by atoms with E-state index in [9.17, 15) is 15.0 Å². The van der Waals surface area contributed by atoms with Gasteiger partial charge in [-0.2, -0.15) is 0 Å². The Hall–Kier alpha value is -0.670. The zero-order valence-electron chi connectivity index (χ0n) is 11.3. The average molecular weight is 250 g/mol. The van der Waals surface area contributed by atoms with E-state index >= 15 is 0 Å². The first-order chi connectivity index (χ1) is 8.26. The highest BCUT2D eigenvalue weighted by Gasteiger charge is 2.68. The Bertz CT molecular complexity index is 439. The summed E-state index contributed by atoms with van der Waals surface area (Å²) in [5, 5.41) is 21.4. The van der Waals surface area contributed by atoms with E-state index in [1.165, 1.54) is 0 Å². The molecule has 0 heterocycles. The van der Waals surface area contributed by atoms with Crippen molar-refractivity contribution in [2.24, 2.45) is 22.7 Å². The molecular formula is C15H22O3. The first-order valence-corrected chi connectivity index (χ1v) is 6.84. The fraction of sp³-hybridized carbons (Fsp3) is 0.800. The fourth-order valence-corrected chi connectivity index (χ4v) is 4.74. The number of hydrogen-bond donors (Lipinski definition) is 2. The number of hydrogen-bond acceptors (Lipinski definition) is 3. The van der Waals surface area contributed by atoms with Gasteiger partial charge in [-0.05, 0) is 30.6 Å². The van der Waals surface area contributed by atoms with Crippen molar-refractivity contribution in [1.29, 1.82) is 0 Å². The summed E-state index contributed by atoms with van der Waals surface area (Å²) in [6.07, 6.45) is 4.76. The second-order valence-corrected chi connectivity index (χ2v) is 7.34. The minimum Gasteiger partial charge on any atom is -0.392 e. The molecule has 3 rings (SSSR count). The van der Waals surface area contributed by atoms with E-state index in [0.29, 0.717) is 12.0 Å². The van der Waals surface area contributed by atoms with E-state index in [4.69, 9.17) is 0 Å². The molecule has 3 nitrogen and oxygen atoms in total. The molecule has 0 aromatic heterocycles. The summed E-state index contributed by atoms with van der Waals surface area (Å²) >= 11 is 0. The molecule has 0 aromatic carbocycles. The second kappa shape index (κ2) is 3.26. The number of carbonyl (C=O) groups excluding carboxylic acids is 1. The molecule has 0 aliphatic heterocycles. The van der Waals surface area contributed by atoms with E-state index in [0.717, 1.165) is 19.1 Å². The molecule has 0 bridgehead atoms. The molecule has 5 unspecified atom stereocenters. The summed E-state index contributed by atoms with van der Waals surface area (Å²) in [6.45, 7) is 6.19. The summed E-state index contributed by atoms with van der Waals surface area (Å²) in [5.74, 6) is 0.302. The molecule has 0 aromatic rings. The Balaban J connectivity index is 2.11. The van der Waals surface area contributed by atoms with Crippen LogP contribution in [0.5, 0.6) is 0 Å². The predicted molar refractivity (Wildman–Crippen MR) is 67.8 cm³/mol. The number of fused-ring (bicyclic) bond motifs is 3. The number of aliphatic hydroxyl groups is 2. The molecule has 2 N–H and O–H groups in total. The van der Waals surface area contributed by atoms with Crippen LogP contribution in [-0.2, 0) is 4.79 Å². The van der Waals surface area contributed by atoms with Crippen molar-refractivity contribution in [3.05, 3.63) is 11.6 Å². The second-order valence-electron chi connectivity index (χ2n) is 7.34. The van der Waals surface area contributed by atoms with Crippen molar-refractivity contribution >= 4 is 6.29 Å². The summed E-state index contributed by atoms with van der Waals surface area (Å²) < 4.78 is 0. The Kier molecular flexibility index (Phi) is 2.24. The van der Waals surface area contributed by atoms with Crippen molar-refractivity contribution in [1.82, 2.24) is 0 Å². The lowest BCUT2D eigenvalue weighted by atomic mass is 9.45. The van der Waals surface area contributed by atoms with Crippen molar-refractivity contribution < 1.29 is 15.0 Å². The zero-order chi connectivity index (χ0) is 13.3. The standard InChI is InChI=1S/C15H22O3/c1-13(2)7-9-6-10(8-16)15(18)5-4-14(15,3)11(9)12(13)17/h6,8-9,11-12,17-18H,4-5,7H2,1-3H3. The van der Waals surface area contributed by atoms with Crippen molar-refractivity contribution in [2.75, 3.05) is 0 Å². The maximum absolute atomic E-state index is 11.2. The molecule has 0 amide bonds. The molecule has 0 spiro atoms. The predicted octanol–water partition coefficient (Wildman–Crippen LogP) is 1.68. The van der Waals surface area contributed by atoms with Crippen LogP contribution in [0.15, 0.2) is 11.6 Å². The molecule has 3 aliphatic carbocycles. The molecule has 0 saturated heterocycles. The van der Waals surface area contributed by atoms with Crippen LogP contribution in [0.25, 0.3) is 0 Å². The molecule has 0 radical (unpaired) electrons. The Labute approximate surface area is 108 Å². The third-order valence-electron chi connectivity index (χ3n) is 6.05. The van der Waals surface area contributed by atoms with Crippen LogP contribution in [-0.4, -0.2) is 28.2 Å². The van der Waals surface area contributed by atoms with E-state index in [1.54, 1.807) is 0 Å². The van der Waals surface area contributed by atoms with Gasteiger partial charge in [-0.15, -0.1) is 0 Å². The average Bonchev–Trinajstić information content (AvgIpc) is 2.53. The van der Waals surface area contributed by atoms with E-state index in [1.807, 2.05) is 13.0 Å². The molecule has 3 aliphatic rings. The van der Waals surface area contributed by atoms with Crippen LogP contribution in [0.2, 0.25) is 0 Å². The molecule has 5 atom stereocenters. The number of rotatable bonds is 1. The molecule has 100 valence electrons. The minimum absolute atomic E-state index is 0.0787. The topological polar surface area (TPSA) is 57.5 Å². The normalized spacial score (nSPS) is 52.9. The van der Waals surface area contributed by atoms with Crippen molar-refractivity contribution in [3.63, 3.8) is 0 Å². The monoisotopic (exact) mass is 250 g/mol. The van der Waals surface area contributed by atoms with Crippen LogP contribution in [0, 0.1) is 22.7 Å². The van der Waals surface area contributed by atoms with E-state index in [-0.39, 0.29) is 22.7 Å². The van der Waals surface area contributed by atoms with Gasteiger partial charge in [0.2, 0.25) is 0 Å². The first kappa shape index (κ1) is 12.4. The number of allylic oxidation sites excluding steroid dienone is 1. The highest BCUT2D eigenvalue weighted by Crippen LogP contribution is 2.67. The number of aldehydes is 1. The van der Waals surface area contributed by atoms with Crippen LogP contribution < -0.4 is 0 Å². The number of aliphatic hydroxyl groups excluding tert-OH is 1. The lowest BCUT2D eigenvalue weighted by molar-refractivity contribution is -0.193. The summed E-state index contributed by atoms with van der Waals surface area (Å²) in [4.78, 5) is 11.2. The van der Waals surface area contributed by atoms with Gasteiger partial charge in [0.05, 0.1) is 11.7 Å². The number of carbonyl (C=O) groups is 1. The molecule has 18 heavy (non-hydrogen) atoms. The van der Waals surface area contributed by atoms with Gasteiger partial charge in [0.15, 0.2) is 0 Å². The van der Waals surface area contributed by atoms with Gasteiger partial charge < -0.3 is 10.2 Å². The minimum atomic E-state index is -1.00. The third-order valence-corrected chi connectivity index (χ3v) is 6.05. The molecular weight excluding hydrogens is 228 g/mol. The summed E-state index contributed by atoms with van der Waals surface area (Å²) in [6, 6.07) is 0. The molecule has 2 saturated carbocycles. The van der Waals surface area contributed by atoms with Gasteiger partial charge in [0.1, 0.15) is 6.29 Å². The maximum atomic E-state index is 11.2. The Morgan fingerprint density at radius 3 is 2.50 bits per heavy atom. The third kappa shape index (κ3) is 1.15.